The summed E-state index contributed by atoms with van der Waals surface area (Å²) in [6.45, 7) is 1.56. The van der Waals surface area contributed by atoms with Gasteiger partial charge in [-0.1, -0.05) is 54.6 Å². The van der Waals surface area contributed by atoms with Crippen molar-refractivity contribution in [3.63, 3.8) is 0 Å². The molecule has 0 aliphatic carbocycles. The summed E-state index contributed by atoms with van der Waals surface area (Å²) >= 11 is 0. The normalized spacial score (nSPS) is 32.8. The highest BCUT2D eigenvalue weighted by Crippen LogP contribution is 2.55. The third-order valence-corrected chi connectivity index (χ3v) is 8.43. The van der Waals surface area contributed by atoms with Crippen LogP contribution in [0.15, 0.2) is 66.8 Å². The van der Waals surface area contributed by atoms with Crippen molar-refractivity contribution in [2.75, 3.05) is 31.1 Å². The fraction of sp³-hybridized carbons (Fsp3) is 0.419. The number of benzene rings is 2. The van der Waals surface area contributed by atoms with Gasteiger partial charge in [-0.15, -0.1) is 0 Å². The smallest absolute Gasteiger partial charge is 0.313 e. The van der Waals surface area contributed by atoms with Crippen molar-refractivity contribution in [2.45, 2.75) is 43.6 Å². The number of aliphatic hydroxyl groups is 1. The summed E-state index contributed by atoms with van der Waals surface area (Å²) in [5.74, 6) is -3.53. The highest BCUT2D eigenvalue weighted by Gasteiger charge is 2.73. The van der Waals surface area contributed by atoms with Crippen LogP contribution in [0.3, 0.4) is 0 Å². The van der Waals surface area contributed by atoms with Gasteiger partial charge in [0.05, 0.1) is 25.2 Å². The number of amides is 3. The topological polar surface area (TPSA) is 125 Å². The zero-order valence-electron chi connectivity index (χ0n) is 22.8. The Bertz CT molecular complexity index is 1450. The van der Waals surface area contributed by atoms with E-state index in [1.807, 2.05) is 54.6 Å². The number of nitrogens with zero attached hydrogens (tertiary/aromatic N) is 2. The molecule has 3 amide bonds. The summed E-state index contributed by atoms with van der Waals surface area (Å²) in [5, 5.41) is 14.6. The number of cyclic esters (lactones) is 1. The van der Waals surface area contributed by atoms with Crippen LogP contribution in [0.1, 0.15) is 19.8 Å². The predicted octanol–water partition coefficient (Wildman–Crippen LogP) is 1.71. The van der Waals surface area contributed by atoms with E-state index >= 15 is 0 Å². The van der Waals surface area contributed by atoms with Crippen LogP contribution in [0.2, 0.25) is 0 Å². The minimum absolute atomic E-state index is 0.0824. The molecule has 4 heterocycles. The predicted molar refractivity (Wildman–Crippen MR) is 150 cm³/mol. The van der Waals surface area contributed by atoms with E-state index in [4.69, 9.17) is 9.47 Å². The summed E-state index contributed by atoms with van der Waals surface area (Å²) < 4.78 is 12.0. The van der Waals surface area contributed by atoms with Gasteiger partial charge in [0.15, 0.2) is 0 Å². The molecule has 41 heavy (non-hydrogen) atoms. The van der Waals surface area contributed by atoms with Crippen LogP contribution >= 0.6 is 0 Å². The fourth-order valence-electron chi connectivity index (χ4n) is 6.56. The van der Waals surface area contributed by atoms with Crippen LogP contribution in [-0.2, 0) is 28.7 Å². The van der Waals surface area contributed by atoms with Gasteiger partial charge in [0, 0.05) is 25.2 Å². The van der Waals surface area contributed by atoms with E-state index in [0.717, 1.165) is 10.8 Å². The molecule has 0 saturated carbocycles. The number of anilines is 1. The number of hydrogen-bond acceptors (Lipinski definition) is 7. The Morgan fingerprint density at radius 1 is 1.05 bits per heavy atom. The Hall–Kier alpha value is -4.02. The third-order valence-electron chi connectivity index (χ3n) is 8.43. The van der Waals surface area contributed by atoms with E-state index in [9.17, 15) is 24.3 Å². The first-order valence-corrected chi connectivity index (χ1v) is 14.0. The standard InChI is InChI=1S/C31H33N3O7/c1-19-18-32-24(36)9-3-2-6-14-33(22-11-10-20-7-4-5-8-21(20)17-22)29(38)27-31-13-12-23(41-31)25(30(39)40-19)26(31)28(37)34(27)15-16-35/h2,4-8,10-13,17,19,23,25-27,35H,3,9,14-16,18H2,1H3,(H,32,36)/b6-2-/t19-,23+,25-,26-,27+,31-/m1/s1. The number of β-amino-alcohol motifs (C(OH)–C–C–N with tert-alkyl or cyclic N) is 1. The number of likely N-dealkylation sites (tertiary alicyclic amines) is 1. The lowest BCUT2D eigenvalue weighted by atomic mass is 9.74. The molecular formula is C31H33N3O7. The Morgan fingerprint density at radius 3 is 2.66 bits per heavy atom. The monoisotopic (exact) mass is 559 g/mol. The summed E-state index contributed by atoms with van der Waals surface area (Å²) in [7, 11) is 0. The second-order valence-corrected chi connectivity index (χ2v) is 11.0. The van der Waals surface area contributed by atoms with Crippen molar-refractivity contribution in [1.82, 2.24) is 10.2 Å². The first kappa shape index (κ1) is 27.2. The first-order valence-electron chi connectivity index (χ1n) is 14.0. The number of allylic oxidation sites excluding steroid dienone is 1. The maximum absolute atomic E-state index is 14.6. The minimum atomic E-state index is -1.37. The van der Waals surface area contributed by atoms with Crippen molar-refractivity contribution >= 4 is 40.2 Å². The van der Waals surface area contributed by atoms with E-state index in [1.165, 1.54) is 4.90 Å². The van der Waals surface area contributed by atoms with E-state index in [0.29, 0.717) is 12.1 Å². The SMILES string of the molecule is C[C@@H]1CNC(=O)CC/C=C\CN(c2ccc3ccccc3c2)C(=O)[C@@H]2N(CCO)C(=O)[C@H]3[C@H](C(=O)O1)[C@@H]1C=C[C@]23O1. The molecule has 6 rings (SSSR count). The van der Waals surface area contributed by atoms with Gasteiger partial charge in [-0.25, -0.2) is 0 Å². The molecule has 10 nitrogen and oxygen atoms in total. The van der Waals surface area contributed by atoms with Gasteiger partial charge in [-0.05, 0) is 36.2 Å². The van der Waals surface area contributed by atoms with Crippen LogP contribution in [0, 0.1) is 11.8 Å². The summed E-state index contributed by atoms with van der Waals surface area (Å²) in [6, 6.07) is 12.4. The Labute approximate surface area is 237 Å². The zero-order valence-corrected chi connectivity index (χ0v) is 22.8. The van der Waals surface area contributed by atoms with Crippen LogP contribution in [-0.4, -0.2) is 83.8 Å². The number of ether oxygens (including phenoxy) is 2. The minimum Gasteiger partial charge on any atom is -0.460 e. The molecule has 4 aliphatic heterocycles. The fourth-order valence-corrected chi connectivity index (χ4v) is 6.56. The first-order chi connectivity index (χ1) is 19.8. The van der Waals surface area contributed by atoms with Crippen LogP contribution in [0.5, 0.6) is 0 Å². The second kappa shape index (κ2) is 10.8. The molecule has 0 aromatic heterocycles. The second-order valence-electron chi connectivity index (χ2n) is 11.0. The van der Waals surface area contributed by atoms with Crippen molar-refractivity contribution in [2.24, 2.45) is 11.8 Å². The molecule has 4 aliphatic rings. The number of carbonyl (C=O) groups excluding carboxylic acids is 4. The number of fused-ring (bicyclic) bond motifs is 3. The molecule has 0 unspecified atom stereocenters. The van der Waals surface area contributed by atoms with Crippen molar-refractivity contribution < 1.29 is 33.8 Å². The van der Waals surface area contributed by atoms with Crippen LogP contribution in [0.4, 0.5) is 5.69 Å². The van der Waals surface area contributed by atoms with E-state index in [2.05, 4.69) is 5.32 Å². The van der Waals surface area contributed by atoms with Gasteiger partial charge in [0.2, 0.25) is 11.8 Å². The number of rotatable bonds is 3. The molecule has 2 aromatic rings. The highest BCUT2D eigenvalue weighted by molar-refractivity contribution is 6.06. The molecule has 10 heteroatoms. The van der Waals surface area contributed by atoms with Gasteiger partial charge < -0.3 is 29.7 Å². The van der Waals surface area contributed by atoms with Crippen molar-refractivity contribution in [1.29, 1.82) is 0 Å². The Balaban J connectivity index is 1.44. The Morgan fingerprint density at radius 2 is 1.85 bits per heavy atom. The molecule has 2 fully saturated rings. The lowest BCUT2D eigenvalue weighted by Crippen LogP contribution is -2.56. The number of hydrogen-bond donors (Lipinski definition) is 2. The van der Waals surface area contributed by atoms with E-state index < -0.39 is 47.6 Å². The lowest BCUT2D eigenvalue weighted by molar-refractivity contribution is -0.158. The van der Waals surface area contributed by atoms with Crippen LogP contribution in [0.25, 0.3) is 10.8 Å². The lowest BCUT2D eigenvalue weighted by Gasteiger charge is -2.35. The molecule has 1 spiro atoms. The average Bonchev–Trinajstić information content (AvgIpc) is 3.60. The molecule has 0 radical (unpaired) electrons. The van der Waals surface area contributed by atoms with Gasteiger partial charge in [0.25, 0.3) is 5.91 Å². The van der Waals surface area contributed by atoms with Crippen molar-refractivity contribution in [3.8, 4) is 0 Å². The number of nitrogens with one attached hydrogen (secondary N) is 1. The van der Waals surface area contributed by atoms with E-state index in [-0.39, 0.29) is 44.5 Å². The molecule has 2 saturated heterocycles. The molecule has 6 atom stereocenters. The van der Waals surface area contributed by atoms with Crippen LogP contribution < -0.4 is 10.2 Å². The highest BCUT2D eigenvalue weighted by atomic mass is 16.6. The zero-order chi connectivity index (χ0) is 28.7. The molecule has 2 aromatic carbocycles. The van der Waals surface area contributed by atoms with Gasteiger partial charge >= 0.3 is 5.97 Å². The third kappa shape index (κ3) is 4.61. The largest absolute Gasteiger partial charge is 0.460 e. The van der Waals surface area contributed by atoms with Crippen molar-refractivity contribution in [3.05, 3.63) is 66.8 Å². The molecular weight excluding hydrogens is 526 g/mol. The summed E-state index contributed by atoms with van der Waals surface area (Å²) in [5.41, 5.74) is -0.742. The average molecular weight is 560 g/mol. The quantitative estimate of drug-likeness (QED) is 0.433. The summed E-state index contributed by atoms with van der Waals surface area (Å²) in [6.07, 6.45) is 6.50. The maximum Gasteiger partial charge on any atom is 0.313 e. The summed E-state index contributed by atoms with van der Waals surface area (Å²) in [4.78, 5) is 57.2. The molecule has 2 N–H and O–H groups in total. The van der Waals surface area contributed by atoms with Gasteiger partial charge in [-0.3, -0.25) is 19.2 Å². The number of carbonyl (C=O) groups is 4. The molecule has 214 valence electrons. The maximum atomic E-state index is 14.6. The molecule has 5 bridgehead atoms. The number of esters is 1. The van der Waals surface area contributed by atoms with Gasteiger partial charge in [0.1, 0.15) is 23.7 Å². The Kier molecular flexibility index (Phi) is 7.13. The van der Waals surface area contributed by atoms with E-state index in [1.54, 1.807) is 24.0 Å². The van der Waals surface area contributed by atoms with Gasteiger partial charge in [-0.2, -0.15) is 0 Å². The number of aliphatic hydroxyl groups excluding tert-OH is 1.